The fraction of sp³-hybridized carbons (Fsp3) is 0.176. The van der Waals surface area contributed by atoms with Crippen molar-refractivity contribution >= 4 is 28.4 Å². The Morgan fingerprint density at radius 1 is 0.905 bits per heavy atom. The highest BCUT2D eigenvalue weighted by atomic mass is 15.2. The van der Waals surface area contributed by atoms with Crippen molar-refractivity contribution in [3.8, 4) is 0 Å². The van der Waals surface area contributed by atoms with E-state index in [1.807, 2.05) is 43.3 Å². The van der Waals surface area contributed by atoms with Crippen molar-refractivity contribution in [2.24, 2.45) is 0 Å². The molecular formula is C17H18N4. The Kier molecular flexibility index (Phi) is 3.44. The number of aromatic nitrogens is 2. The Morgan fingerprint density at radius 3 is 2.33 bits per heavy atom. The van der Waals surface area contributed by atoms with Crippen LogP contribution >= 0.6 is 0 Å². The van der Waals surface area contributed by atoms with Gasteiger partial charge in [0.15, 0.2) is 0 Å². The third kappa shape index (κ3) is 2.79. The van der Waals surface area contributed by atoms with Crippen LogP contribution in [-0.2, 0) is 0 Å². The summed E-state index contributed by atoms with van der Waals surface area (Å²) in [7, 11) is 3.89. The van der Waals surface area contributed by atoms with Crippen LogP contribution in [0.15, 0.2) is 48.5 Å². The number of nitrogens with zero attached hydrogens (tertiary/aromatic N) is 3. The molecule has 106 valence electrons. The lowest BCUT2D eigenvalue weighted by Crippen LogP contribution is -2.13. The minimum absolute atomic E-state index is 0.698. The van der Waals surface area contributed by atoms with Gasteiger partial charge in [0.1, 0.15) is 5.82 Å². The molecule has 3 aromatic rings. The predicted molar refractivity (Wildman–Crippen MR) is 88.3 cm³/mol. The second kappa shape index (κ2) is 5.40. The van der Waals surface area contributed by atoms with E-state index < -0.39 is 0 Å². The molecule has 0 unspecified atom stereocenters. The second-order valence-corrected chi connectivity index (χ2v) is 5.27. The summed E-state index contributed by atoms with van der Waals surface area (Å²) in [5, 5.41) is 4.41. The summed E-state index contributed by atoms with van der Waals surface area (Å²) in [6.07, 6.45) is 0. The zero-order valence-corrected chi connectivity index (χ0v) is 12.5. The summed E-state index contributed by atoms with van der Waals surface area (Å²) in [6, 6.07) is 16.3. The Balaban J connectivity index is 2.09. The quantitative estimate of drug-likeness (QED) is 0.792. The van der Waals surface area contributed by atoms with E-state index in [1.54, 1.807) is 0 Å². The average Bonchev–Trinajstić information content (AvgIpc) is 2.49. The summed E-state index contributed by atoms with van der Waals surface area (Å²) >= 11 is 0. The number of nitrogens with one attached hydrogen (secondary N) is 1. The van der Waals surface area contributed by atoms with Gasteiger partial charge in [0, 0.05) is 25.2 Å². The van der Waals surface area contributed by atoms with Crippen LogP contribution in [0.3, 0.4) is 0 Å². The second-order valence-electron chi connectivity index (χ2n) is 5.27. The van der Waals surface area contributed by atoms with Crippen molar-refractivity contribution < 1.29 is 0 Å². The number of anilines is 3. The van der Waals surface area contributed by atoms with Gasteiger partial charge in [0.2, 0.25) is 5.95 Å². The smallest absolute Gasteiger partial charge is 0.227 e. The van der Waals surface area contributed by atoms with Crippen LogP contribution in [0.1, 0.15) is 5.56 Å². The molecular weight excluding hydrogens is 260 g/mol. The maximum Gasteiger partial charge on any atom is 0.227 e. The van der Waals surface area contributed by atoms with Gasteiger partial charge in [-0.1, -0.05) is 29.8 Å². The molecule has 4 heteroatoms. The first kappa shape index (κ1) is 13.4. The van der Waals surface area contributed by atoms with Crippen molar-refractivity contribution in [2.75, 3.05) is 24.3 Å². The number of rotatable bonds is 3. The number of aryl methyl sites for hydroxylation is 1. The number of benzene rings is 2. The van der Waals surface area contributed by atoms with Gasteiger partial charge in [0.25, 0.3) is 0 Å². The topological polar surface area (TPSA) is 41.1 Å². The highest BCUT2D eigenvalue weighted by molar-refractivity contribution is 5.91. The Labute approximate surface area is 124 Å². The molecule has 0 aliphatic carbocycles. The third-order valence-electron chi connectivity index (χ3n) is 3.31. The van der Waals surface area contributed by atoms with Gasteiger partial charge in [-0.25, -0.2) is 4.98 Å². The molecule has 2 aromatic carbocycles. The molecule has 0 fully saturated rings. The van der Waals surface area contributed by atoms with Crippen molar-refractivity contribution in [2.45, 2.75) is 6.92 Å². The molecule has 1 N–H and O–H groups in total. The summed E-state index contributed by atoms with van der Waals surface area (Å²) in [5.41, 5.74) is 3.20. The summed E-state index contributed by atoms with van der Waals surface area (Å²) in [6.45, 7) is 2.08. The summed E-state index contributed by atoms with van der Waals surface area (Å²) in [4.78, 5) is 11.1. The lowest BCUT2D eigenvalue weighted by Gasteiger charge is -2.14. The Bertz CT molecular complexity index is 763. The van der Waals surface area contributed by atoms with E-state index in [4.69, 9.17) is 0 Å². The van der Waals surface area contributed by atoms with Gasteiger partial charge in [-0.15, -0.1) is 0 Å². The first-order valence-corrected chi connectivity index (χ1v) is 6.91. The maximum atomic E-state index is 4.62. The van der Waals surface area contributed by atoms with Crippen LogP contribution in [0.4, 0.5) is 17.5 Å². The zero-order valence-electron chi connectivity index (χ0n) is 12.5. The molecule has 21 heavy (non-hydrogen) atoms. The van der Waals surface area contributed by atoms with E-state index in [0.29, 0.717) is 5.95 Å². The molecule has 0 spiro atoms. The highest BCUT2D eigenvalue weighted by Gasteiger charge is 2.08. The molecule has 1 heterocycles. The molecule has 0 bridgehead atoms. The number of hydrogen-bond donors (Lipinski definition) is 1. The van der Waals surface area contributed by atoms with Crippen molar-refractivity contribution in [1.29, 1.82) is 0 Å². The number of fused-ring (bicyclic) bond motifs is 1. The van der Waals surface area contributed by atoms with Crippen LogP contribution in [0.25, 0.3) is 10.9 Å². The molecule has 0 atom stereocenters. The summed E-state index contributed by atoms with van der Waals surface area (Å²) in [5.74, 6) is 1.52. The van der Waals surface area contributed by atoms with E-state index in [1.165, 1.54) is 5.56 Å². The lowest BCUT2D eigenvalue weighted by molar-refractivity contribution is 1.02. The van der Waals surface area contributed by atoms with Gasteiger partial charge < -0.3 is 10.2 Å². The number of hydrogen-bond acceptors (Lipinski definition) is 4. The van der Waals surface area contributed by atoms with Crippen LogP contribution in [0.2, 0.25) is 0 Å². The minimum Gasteiger partial charge on any atom is -0.347 e. The van der Waals surface area contributed by atoms with Gasteiger partial charge in [-0.05, 0) is 31.2 Å². The molecule has 0 aliphatic heterocycles. The predicted octanol–water partition coefficient (Wildman–Crippen LogP) is 3.75. The van der Waals surface area contributed by atoms with E-state index in [0.717, 1.165) is 22.4 Å². The molecule has 0 aliphatic rings. The molecule has 0 amide bonds. The third-order valence-corrected chi connectivity index (χ3v) is 3.31. The van der Waals surface area contributed by atoms with Crippen LogP contribution in [-0.4, -0.2) is 24.1 Å². The van der Waals surface area contributed by atoms with Crippen LogP contribution < -0.4 is 10.2 Å². The van der Waals surface area contributed by atoms with Gasteiger partial charge in [0.05, 0.1) is 5.52 Å². The molecule has 1 aromatic heterocycles. The molecule has 0 saturated carbocycles. The minimum atomic E-state index is 0.698. The average molecular weight is 278 g/mol. The molecule has 4 nitrogen and oxygen atoms in total. The number of para-hydroxylation sites is 1. The molecule has 0 saturated heterocycles. The van der Waals surface area contributed by atoms with Gasteiger partial charge in [-0.2, -0.15) is 4.98 Å². The van der Waals surface area contributed by atoms with Crippen molar-refractivity contribution in [1.82, 2.24) is 9.97 Å². The van der Waals surface area contributed by atoms with Gasteiger partial charge in [-0.3, -0.25) is 0 Å². The monoisotopic (exact) mass is 278 g/mol. The Hall–Kier alpha value is -2.62. The fourth-order valence-electron chi connectivity index (χ4n) is 2.13. The van der Waals surface area contributed by atoms with Gasteiger partial charge >= 0.3 is 0 Å². The first-order valence-electron chi connectivity index (χ1n) is 6.91. The highest BCUT2D eigenvalue weighted by Crippen LogP contribution is 2.25. The molecule has 0 radical (unpaired) electrons. The van der Waals surface area contributed by atoms with E-state index in [2.05, 4.69) is 46.5 Å². The fourth-order valence-corrected chi connectivity index (χ4v) is 2.13. The van der Waals surface area contributed by atoms with Crippen LogP contribution in [0, 0.1) is 6.92 Å². The standard InChI is InChI=1S/C17H18N4/c1-12-8-10-13(11-9-12)18-16-14-6-4-5-7-15(14)19-17(20-16)21(2)3/h4-11H,1-3H3,(H,18,19,20). The van der Waals surface area contributed by atoms with Crippen molar-refractivity contribution in [3.05, 3.63) is 54.1 Å². The molecule has 3 rings (SSSR count). The largest absolute Gasteiger partial charge is 0.347 e. The SMILES string of the molecule is Cc1ccc(Nc2nc(N(C)C)nc3ccccc23)cc1. The summed E-state index contributed by atoms with van der Waals surface area (Å²) < 4.78 is 0. The van der Waals surface area contributed by atoms with E-state index in [-0.39, 0.29) is 0 Å². The van der Waals surface area contributed by atoms with E-state index in [9.17, 15) is 0 Å². The first-order chi connectivity index (χ1) is 10.1. The lowest BCUT2D eigenvalue weighted by atomic mass is 10.2. The Morgan fingerprint density at radius 2 is 1.62 bits per heavy atom. The normalized spacial score (nSPS) is 10.6. The maximum absolute atomic E-state index is 4.62. The van der Waals surface area contributed by atoms with Crippen LogP contribution in [0.5, 0.6) is 0 Å². The van der Waals surface area contributed by atoms with E-state index >= 15 is 0 Å². The van der Waals surface area contributed by atoms with Crippen molar-refractivity contribution in [3.63, 3.8) is 0 Å². The zero-order chi connectivity index (χ0) is 14.8.